The third-order valence-electron chi connectivity index (χ3n) is 10.4. The van der Waals surface area contributed by atoms with Gasteiger partial charge in [-0.15, -0.1) is 0 Å². The number of allylic oxidation sites excluding steroid dienone is 1. The molecule has 4 bridgehead atoms. The molecule has 226 valence electrons. The SMILES string of the molecule is CCc1cc(C=C(C)c2ccc(CCCOCC(=O)N(CC)CC)c(C34CC5CC(CC(C5)C3)C4)c2)ccc1C(=O)O. The molecular formula is C37H49NO4. The third-order valence-corrected chi connectivity index (χ3v) is 10.4. The summed E-state index contributed by atoms with van der Waals surface area (Å²) in [7, 11) is 0. The standard InChI is InChI=1S/C37H49NO4/c1-5-30-19-26(10-13-33(30)36(40)41)15-25(4)32-12-11-31(9-8-14-42-24-35(39)38(6-2)7-3)34(20-32)37-21-27-16-28(22-37)18-29(17-27)23-37/h10-13,15,19-20,27-29H,5-9,14,16-18,21-24H2,1-4H3,(H,40,41). The van der Waals surface area contributed by atoms with Gasteiger partial charge in [-0.3, -0.25) is 4.79 Å². The number of nitrogens with zero attached hydrogens (tertiary/aromatic N) is 1. The fraction of sp³-hybridized carbons (Fsp3) is 0.568. The van der Waals surface area contributed by atoms with Crippen molar-refractivity contribution in [1.82, 2.24) is 4.90 Å². The summed E-state index contributed by atoms with van der Waals surface area (Å²) >= 11 is 0. The number of hydrogen-bond donors (Lipinski definition) is 1. The summed E-state index contributed by atoms with van der Waals surface area (Å²) in [5.74, 6) is 1.83. The van der Waals surface area contributed by atoms with Crippen LogP contribution < -0.4 is 0 Å². The van der Waals surface area contributed by atoms with E-state index in [1.807, 2.05) is 37.8 Å². The lowest BCUT2D eigenvalue weighted by atomic mass is 9.47. The van der Waals surface area contributed by atoms with Crippen LogP contribution in [0.5, 0.6) is 0 Å². The molecule has 4 saturated carbocycles. The Hall–Kier alpha value is -2.92. The first-order valence-corrected chi connectivity index (χ1v) is 16.3. The van der Waals surface area contributed by atoms with Crippen molar-refractivity contribution in [2.24, 2.45) is 17.8 Å². The molecule has 0 aliphatic heterocycles. The lowest BCUT2D eigenvalue weighted by Crippen LogP contribution is -2.49. The van der Waals surface area contributed by atoms with Crippen molar-refractivity contribution < 1.29 is 19.4 Å². The van der Waals surface area contributed by atoms with Crippen LogP contribution in [0.2, 0.25) is 0 Å². The molecule has 4 aliphatic carbocycles. The number of amides is 1. The van der Waals surface area contributed by atoms with Crippen LogP contribution in [0.15, 0.2) is 36.4 Å². The molecule has 42 heavy (non-hydrogen) atoms. The normalized spacial score (nSPS) is 24.7. The van der Waals surface area contributed by atoms with Gasteiger partial charge in [0.05, 0.1) is 5.56 Å². The zero-order valence-electron chi connectivity index (χ0n) is 26.1. The van der Waals surface area contributed by atoms with Crippen LogP contribution in [0, 0.1) is 17.8 Å². The summed E-state index contributed by atoms with van der Waals surface area (Å²) in [6.07, 6.45) is 13.0. The Morgan fingerprint density at radius 1 is 0.952 bits per heavy atom. The first-order valence-electron chi connectivity index (χ1n) is 16.3. The van der Waals surface area contributed by atoms with Crippen molar-refractivity contribution in [2.45, 2.75) is 90.9 Å². The average molecular weight is 572 g/mol. The zero-order chi connectivity index (χ0) is 29.9. The minimum absolute atomic E-state index is 0.0736. The van der Waals surface area contributed by atoms with Gasteiger partial charge in [0.15, 0.2) is 0 Å². The van der Waals surface area contributed by atoms with E-state index in [9.17, 15) is 14.7 Å². The highest BCUT2D eigenvalue weighted by Gasteiger charge is 2.52. The Kier molecular flexibility index (Phi) is 9.57. The van der Waals surface area contributed by atoms with E-state index in [4.69, 9.17) is 4.74 Å². The van der Waals surface area contributed by atoms with Crippen LogP contribution in [0.3, 0.4) is 0 Å². The number of aromatic carboxylic acids is 1. The number of carbonyl (C=O) groups is 2. The van der Waals surface area contributed by atoms with Gasteiger partial charge in [0.2, 0.25) is 5.91 Å². The zero-order valence-corrected chi connectivity index (χ0v) is 26.1. The fourth-order valence-corrected chi connectivity index (χ4v) is 8.70. The highest BCUT2D eigenvalue weighted by molar-refractivity contribution is 5.90. The summed E-state index contributed by atoms with van der Waals surface area (Å²) in [6.45, 7) is 10.4. The minimum atomic E-state index is -0.865. The summed E-state index contributed by atoms with van der Waals surface area (Å²) in [6, 6.07) is 12.8. The smallest absolute Gasteiger partial charge is 0.335 e. The molecule has 0 unspecified atom stereocenters. The van der Waals surface area contributed by atoms with Gasteiger partial charge >= 0.3 is 5.97 Å². The lowest BCUT2D eigenvalue weighted by Gasteiger charge is -2.57. The van der Waals surface area contributed by atoms with Gasteiger partial charge in [-0.25, -0.2) is 4.79 Å². The third kappa shape index (κ3) is 6.51. The van der Waals surface area contributed by atoms with E-state index in [1.54, 1.807) is 11.6 Å². The van der Waals surface area contributed by atoms with Gasteiger partial charge in [0.1, 0.15) is 6.61 Å². The number of likely N-dealkylation sites (N-methyl/N-ethyl adjacent to an activating group) is 1. The Morgan fingerprint density at radius 3 is 2.21 bits per heavy atom. The number of ether oxygens (including phenoxy) is 1. The van der Waals surface area contributed by atoms with Crippen molar-refractivity contribution in [3.05, 3.63) is 69.8 Å². The maximum absolute atomic E-state index is 12.3. The molecule has 2 aromatic rings. The predicted octanol–water partition coefficient (Wildman–Crippen LogP) is 7.79. The number of rotatable bonds is 13. The summed E-state index contributed by atoms with van der Waals surface area (Å²) in [5, 5.41) is 9.54. The minimum Gasteiger partial charge on any atom is -0.478 e. The molecule has 4 aliphatic rings. The molecule has 6 rings (SSSR count). The topological polar surface area (TPSA) is 66.8 Å². The van der Waals surface area contributed by atoms with Crippen molar-refractivity contribution in [2.75, 3.05) is 26.3 Å². The average Bonchev–Trinajstić information content (AvgIpc) is 2.96. The van der Waals surface area contributed by atoms with Crippen LogP contribution in [-0.4, -0.2) is 48.2 Å². The van der Waals surface area contributed by atoms with E-state index in [0.717, 1.165) is 54.8 Å². The van der Waals surface area contributed by atoms with E-state index in [0.29, 0.717) is 24.0 Å². The van der Waals surface area contributed by atoms with Crippen LogP contribution >= 0.6 is 0 Å². The number of carboxylic acid groups (broad SMARTS) is 1. The van der Waals surface area contributed by atoms with Crippen LogP contribution in [0.1, 0.15) is 111 Å². The van der Waals surface area contributed by atoms with Crippen LogP contribution in [-0.2, 0) is 27.8 Å². The van der Waals surface area contributed by atoms with E-state index in [2.05, 4.69) is 31.2 Å². The van der Waals surface area contributed by atoms with Gasteiger partial charge in [-0.2, -0.15) is 0 Å². The molecule has 0 spiro atoms. The largest absolute Gasteiger partial charge is 0.478 e. The van der Waals surface area contributed by atoms with Gasteiger partial charge in [0.25, 0.3) is 0 Å². The Labute approximate surface area is 252 Å². The second kappa shape index (κ2) is 13.2. The molecule has 0 aromatic heterocycles. The Balaban J connectivity index is 1.38. The number of benzene rings is 2. The van der Waals surface area contributed by atoms with Crippen molar-refractivity contribution in [3.8, 4) is 0 Å². The summed E-state index contributed by atoms with van der Waals surface area (Å²) < 4.78 is 5.82. The number of aryl methyl sites for hydroxylation is 2. The Bertz CT molecular complexity index is 1290. The number of carboxylic acids is 1. The van der Waals surface area contributed by atoms with E-state index < -0.39 is 5.97 Å². The molecule has 0 heterocycles. The number of carbonyl (C=O) groups excluding carboxylic acids is 1. The highest BCUT2D eigenvalue weighted by Crippen LogP contribution is 2.61. The summed E-state index contributed by atoms with van der Waals surface area (Å²) in [5.41, 5.74) is 8.07. The Morgan fingerprint density at radius 2 is 1.62 bits per heavy atom. The van der Waals surface area contributed by atoms with Crippen molar-refractivity contribution in [1.29, 1.82) is 0 Å². The van der Waals surface area contributed by atoms with Crippen molar-refractivity contribution >= 4 is 23.5 Å². The predicted molar refractivity (Wildman–Crippen MR) is 170 cm³/mol. The van der Waals surface area contributed by atoms with Gasteiger partial charge in [-0.05, 0) is 141 Å². The highest BCUT2D eigenvalue weighted by atomic mass is 16.5. The van der Waals surface area contributed by atoms with Crippen LogP contribution in [0.4, 0.5) is 0 Å². The first-order chi connectivity index (χ1) is 20.2. The molecule has 0 radical (unpaired) electrons. The molecule has 1 N–H and O–H groups in total. The van der Waals surface area contributed by atoms with Crippen molar-refractivity contribution in [3.63, 3.8) is 0 Å². The van der Waals surface area contributed by atoms with Crippen LogP contribution in [0.25, 0.3) is 11.6 Å². The molecular weight excluding hydrogens is 522 g/mol. The van der Waals surface area contributed by atoms with E-state index >= 15 is 0 Å². The second-order valence-electron chi connectivity index (χ2n) is 13.2. The molecule has 2 aromatic carbocycles. The lowest BCUT2D eigenvalue weighted by molar-refractivity contribution is -0.135. The number of hydrogen-bond acceptors (Lipinski definition) is 3. The maximum Gasteiger partial charge on any atom is 0.335 e. The van der Waals surface area contributed by atoms with Gasteiger partial charge < -0.3 is 14.7 Å². The van der Waals surface area contributed by atoms with Gasteiger partial charge in [0, 0.05) is 19.7 Å². The second-order valence-corrected chi connectivity index (χ2v) is 13.2. The molecule has 1 amide bonds. The summed E-state index contributed by atoms with van der Waals surface area (Å²) in [4.78, 5) is 25.8. The molecule has 5 nitrogen and oxygen atoms in total. The fourth-order valence-electron chi connectivity index (χ4n) is 8.70. The first kappa shape index (κ1) is 30.5. The quantitative estimate of drug-likeness (QED) is 0.197. The monoisotopic (exact) mass is 571 g/mol. The molecule has 4 fully saturated rings. The maximum atomic E-state index is 12.3. The molecule has 0 atom stereocenters. The van der Waals surface area contributed by atoms with E-state index in [-0.39, 0.29) is 12.5 Å². The molecule has 5 heteroatoms. The van der Waals surface area contributed by atoms with E-state index in [1.165, 1.54) is 55.2 Å². The van der Waals surface area contributed by atoms with Gasteiger partial charge in [-0.1, -0.05) is 43.3 Å². The molecule has 0 saturated heterocycles.